The third-order valence-electron chi connectivity index (χ3n) is 10.8. The standard InChI is InChI=1S/2C24H6Cl8S6/c2*25-13-1-7(19(33-13)21-9(3-15(27)35-21)11-5-17(29)37-23(11)31)8-2-14(26)34-20(8)22-10(4-16(28)36-22)12-6-18(30)38-24(12)32/h2*1-6H. The van der Waals surface area contributed by atoms with Crippen molar-refractivity contribution in [1.82, 2.24) is 0 Å². The third kappa shape index (κ3) is 12.0. The summed E-state index contributed by atoms with van der Waals surface area (Å²) in [5.41, 5.74) is 10.6. The fourth-order valence-electron chi connectivity index (χ4n) is 7.93. The van der Waals surface area contributed by atoms with Gasteiger partial charge in [0.1, 0.15) is 17.3 Å². The average Bonchev–Trinajstić information content (AvgIpc) is 4.17. The van der Waals surface area contributed by atoms with Crippen LogP contribution in [0, 0.1) is 0 Å². The summed E-state index contributed by atoms with van der Waals surface area (Å²) in [6.07, 6.45) is 0. The Labute approximate surface area is 561 Å². The lowest BCUT2D eigenvalue weighted by molar-refractivity contribution is 1.77. The summed E-state index contributed by atoms with van der Waals surface area (Å²) in [5.74, 6) is 0. The fourth-order valence-corrected chi connectivity index (χ4v) is 24.5. The SMILES string of the molecule is Clc1cc(-c2cc(Cl)sc2-c2sc(Cl)cc2-c2cc(Cl)sc2-c2sc(Cl)cc2-c2cc(Cl)sc2Cl)c(Cl)s1.Clc1cc(-c2cc(Cl)sc2-c2sc(Cl)cc2-c2cc(Cl)sc2-c2sc(Cl)cc2-c2cc(Cl)sc2Cl)c(Cl)s1. The number of hydrogen-bond donors (Lipinski definition) is 0. The molecule has 0 aliphatic carbocycles. The monoisotopic (exact) mass is 1530 g/mol. The Morgan fingerprint density at radius 3 is 0.368 bits per heavy atom. The van der Waals surface area contributed by atoms with Gasteiger partial charge in [-0.05, 0) is 72.8 Å². The molecule has 12 heterocycles. The quantitative estimate of drug-likeness (QED) is 0.128. The van der Waals surface area contributed by atoms with Crippen molar-refractivity contribution in [2.24, 2.45) is 0 Å². The van der Waals surface area contributed by atoms with Crippen LogP contribution in [0.5, 0.6) is 0 Å². The lowest BCUT2D eigenvalue weighted by Crippen LogP contribution is -1.81. The summed E-state index contributed by atoms with van der Waals surface area (Å²) in [5, 5.41) is 0. The van der Waals surface area contributed by atoms with Gasteiger partial charge in [0.05, 0.1) is 91.1 Å². The molecule has 0 saturated heterocycles. The molecule has 0 aliphatic rings. The van der Waals surface area contributed by atoms with Crippen molar-refractivity contribution >= 4 is 322 Å². The Morgan fingerprint density at radius 2 is 0.250 bits per heavy atom. The molecule has 12 aromatic heterocycles. The van der Waals surface area contributed by atoms with Crippen molar-refractivity contribution in [2.75, 3.05) is 0 Å². The second kappa shape index (κ2) is 24.2. The first-order chi connectivity index (χ1) is 36.2. The Balaban J connectivity index is 0.000000162. The molecule has 76 heavy (non-hydrogen) atoms. The van der Waals surface area contributed by atoms with Crippen LogP contribution >= 0.6 is 322 Å². The zero-order valence-electron chi connectivity index (χ0n) is 35.9. The smallest absolute Gasteiger partial charge is 0.102 e. The first-order valence-electron chi connectivity index (χ1n) is 20.4. The minimum absolute atomic E-state index is 0.596. The van der Waals surface area contributed by atoms with Crippen LogP contribution < -0.4 is 0 Å². The Hall–Kier alpha value is 1.04. The highest BCUT2D eigenvalue weighted by Crippen LogP contribution is 2.60. The van der Waals surface area contributed by atoms with Gasteiger partial charge in [-0.25, -0.2) is 0 Å². The van der Waals surface area contributed by atoms with Gasteiger partial charge in [0, 0.05) is 66.8 Å². The van der Waals surface area contributed by atoms with Crippen LogP contribution in [0.4, 0.5) is 0 Å². The first kappa shape index (κ1) is 58.8. The molecule has 0 aliphatic heterocycles. The molecule has 0 spiro atoms. The average molecular weight is 1540 g/mol. The van der Waals surface area contributed by atoms with Crippen molar-refractivity contribution in [2.45, 2.75) is 0 Å². The van der Waals surface area contributed by atoms with Crippen LogP contribution in [0.3, 0.4) is 0 Å². The van der Waals surface area contributed by atoms with Crippen LogP contribution in [0.15, 0.2) is 72.8 Å². The molecule has 0 N–H and O–H groups in total. The highest BCUT2D eigenvalue weighted by Gasteiger charge is 2.29. The molecular weight excluding hydrogens is 1530 g/mol. The molecule has 0 saturated carbocycles. The molecule has 0 bridgehead atoms. The van der Waals surface area contributed by atoms with Gasteiger partial charge < -0.3 is 0 Å². The third-order valence-corrected chi connectivity index (χ3v) is 27.5. The summed E-state index contributed by atoms with van der Waals surface area (Å²) < 4.78 is 9.82. The lowest BCUT2D eigenvalue weighted by atomic mass is 10.0. The number of rotatable bonds is 10. The summed E-state index contributed by atoms with van der Waals surface area (Å²) in [6.45, 7) is 0. The van der Waals surface area contributed by atoms with Gasteiger partial charge >= 0.3 is 0 Å². The Morgan fingerprint density at radius 1 is 0.145 bits per heavy atom. The number of halogens is 16. The van der Waals surface area contributed by atoms with Crippen molar-refractivity contribution in [1.29, 1.82) is 0 Å². The zero-order valence-corrected chi connectivity index (χ0v) is 57.8. The summed E-state index contributed by atoms with van der Waals surface area (Å²) in [7, 11) is 0. The van der Waals surface area contributed by atoms with Gasteiger partial charge in [0.2, 0.25) is 0 Å². The summed E-state index contributed by atoms with van der Waals surface area (Å²) >= 11 is 121. The molecular formula is C48H12Cl16S12. The molecule has 0 aromatic carbocycles. The molecule has 28 heteroatoms. The normalized spacial score (nSPS) is 11.7. The second-order valence-electron chi connectivity index (χ2n) is 15.3. The van der Waals surface area contributed by atoms with Gasteiger partial charge in [-0.15, -0.1) is 136 Å². The van der Waals surface area contributed by atoms with Gasteiger partial charge in [-0.3, -0.25) is 0 Å². The zero-order chi connectivity index (χ0) is 53.8. The van der Waals surface area contributed by atoms with E-state index in [0.29, 0.717) is 69.4 Å². The van der Waals surface area contributed by atoms with Crippen LogP contribution in [0.2, 0.25) is 69.4 Å². The molecule has 388 valence electrons. The molecule has 0 radical (unpaired) electrons. The van der Waals surface area contributed by atoms with Gasteiger partial charge in [0.25, 0.3) is 0 Å². The summed E-state index contributed by atoms with van der Waals surface area (Å²) in [4.78, 5) is 7.61. The molecule has 0 nitrogen and oxygen atoms in total. The van der Waals surface area contributed by atoms with Gasteiger partial charge in [-0.1, -0.05) is 186 Å². The van der Waals surface area contributed by atoms with Crippen LogP contribution in [-0.4, -0.2) is 0 Å². The molecule has 12 rings (SSSR count). The number of thiophene rings is 12. The van der Waals surface area contributed by atoms with E-state index in [2.05, 4.69) is 0 Å². The van der Waals surface area contributed by atoms with Crippen LogP contribution in [0.25, 0.3) is 106 Å². The first-order valence-corrected chi connectivity index (χ1v) is 36.2. The maximum Gasteiger partial charge on any atom is 0.102 e. The highest BCUT2D eigenvalue weighted by molar-refractivity contribution is 7.30. The van der Waals surface area contributed by atoms with E-state index in [4.69, 9.17) is 186 Å². The highest BCUT2D eigenvalue weighted by atomic mass is 35.5. The maximum atomic E-state index is 6.63. The van der Waals surface area contributed by atoms with Gasteiger partial charge in [-0.2, -0.15) is 0 Å². The lowest BCUT2D eigenvalue weighted by Gasteiger charge is -2.08. The molecule has 0 unspecified atom stereocenters. The topological polar surface area (TPSA) is 0 Å². The molecule has 0 atom stereocenters. The van der Waals surface area contributed by atoms with Crippen molar-refractivity contribution < 1.29 is 0 Å². The van der Waals surface area contributed by atoms with E-state index in [1.807, 2.05) is 72.8 Å². The van der Waals surface area contributed by atoms with Crippen molar-refractivity contribution in [3.8, 4) is 106 Å². The fraction of sp³-hybridized carbons (Fsp3) is 0. The maximum absolute atomic E-state index is 6.63. The van der Waals surface area contributed by atoms with E-state index in [1.165, 1.54) is 136 Å². The molecule has 0 amide bonds. The van der Waals surface area contributed by atoms with Crippen LogP contribution in [0.1, 0.15) is 0 Å². The van der Waals surface area contributed by atoms with E-state index in [1.54, 1.807) is 0 Å². The largest absolute Gasteiger partial charge is 0.122 e. The van der Waals surface area contributed by atoms with Crippen molar-refractivity contribution in [3.05, 3.63) is 142 Å². The van der Waals surface area contributed by atoms with E-state index in [0.717, 1.165) is 106 Å². The summed E-state index contributed by atoms with van der Waals surface area (Å²) in [6, 6.07) is 22.9. The molecule has 0 fully saturated rings. The number of hydrogen-bond acceptors (Lipinski definition) is 12. The van der Waals surface area contributed by atoms with E-state index in [-0.39, 0.29) is 0 Å². The minimum Gasteiger partial charge on any atom is -0.122 e. The molecule has 12 aromatic rings. The van der Waals surface area contributed by atoms with E-state index < -0.39 is 0 Å². The van der Waals surface area contributed by atoms with Crippen molar-refractivity contribution in [3.63, 3.8) is 0 Å². The Kier molecular flexibility index (Phi) is 18.7. The predicted octanol–water partition coefficient (Wildman–Crippen LogP) is 31.2. The van der Waals surface area contributed by atoms with Crippen LogP contribution in [-0.2, 0) is 0 Å². The Bertz CT molecular complexity index is 3660. The predicted molar refractivity (Wildman–Crippen MR) is 362 cm³/mol. The van der Waals surface area contributed by atoms with Gasteiger partial charge in [0.15, 0.2) is 0 Å². The van der Waals surface area contributed by atoms with E-state index in [9.17, 15) is 0 Å². The second-order valence-corrected chi connectivity index (χ2v) is 37.9. The minimum atomic E-state index is 0.596. The van der Waals surface area contributed by atoms with E-state index >= 15 is 0 Å².